The number of anilines is 1. The van der Waals surface area contributed by atoms with Crippen LogP contribution in [0.1, 0.15) is 13.3 Å². The van der Waals surface area contributed by atoms with Gasteiger partial charge in [-0.1, -0.05) is 0 Å². The minimum atomic E-state index is -0.893. The minimum absolute atomic E-state index is 0.181. The molecule has 0 aromatic heterocycles. The second-order valence-corrected chi connectivity index (χ2v) is 5.53. The number of likely N-dealkylation sites (tertiary alicyclic amines) is 1. The van der Waals surface area contributed by atoms with Crippen LogP contribution < -0.4 is 14.8 Å². The summed E-state index contributed by atoms with van der Waals surface area (Å²) in [5.74, 6) is 0.212. The average Bonchev–Trinajstić information content (AvgIpc) is 2.91. The summed E-state index contributed by atoms with van der Waals surface area (Å²) in [6.07, 6.45) is 0.436. The first-order chi connectivity index (χ1) is 10.4. The quantitative estimate of drug-likeness (QED) is 0.888. The van der Waals surface area contributed by atoms with E-state index in [0.717, 1.165) is 0 Å². The lowest BCUT2D eigenvalue weighted by Gasteiger charge is -2.21. The van der Waals surface area contributed by atoms with Crippen molar-refractivity contribution in [1.82, 2.24) is 4.90 Å². The molecule has 1 aromatic carbocycles. The Hall–Kier alpha value is -2.44. The first-order valence-corrected chi connectivity index (χ1v) is 6.91. The lowest BCUT2D eigenvalue weighted by atomic mass is 9.90. The van der Waals surface area contributed by atoms with E-state index in [9.17, 15) is 14.7 Å². The Morgan fingerprint density at radius 1 is 1.32 bits per heavy atom. The summed E-state index contributed by atoms with van der Waals surface area (Å²) in [6.45, 7) is 2.23. The molecule has 1 aliphatic heterocycles. The largest absolute Gasteiger partial charge is 0.497 e. The molecule has 0 spiro atoms. The van der Waals surface area contributed by atoms with Crippen molar-refractivity contribution >= 4 is 17.7 Å². The summed E-state index contributed by atoms with van der Waals surface area (Å²) >= 11 is 0. The molecule has 1 saturated heterocycles. The molecular formula is C15H20N2O5. The van der Waals surface area contributed by atoms with Crippen LogP contribution in [0, 0.1) is 5.41 Å². The van der Waals surface area contributed by atoms with Crippen LogP contribution in [0.3, 0.4) is 0 Å². The number of hydrogen-bond acceptors (Lipinski definition) is 4. The number of carboxylic acid groups (broad SMARTS) is 1. The summed E-state index contributed by atoms with van der Waals surface area (Å²) in [7, 11) is 3.04. The molecule has 2 N–H and O–H groups in total. The van der Waals surface area contributed by atoms with E-state index in [4.69, 9.17) is 9.47 Å². The predicted octanol–water partition coefficient (Wildman–Crippen LogP) is 2.03. The second-order valence-electron chi connectivity index (χ2n) is 5.53. The molecule has 120 valence electrons. The number of benzene rings is 1. The number of methoxy groups -OCH3 is 2. The number of ether oxygens (including phenoxy) is 2. The van der Waals surface area contributed by atoms with Crippen LogP contribution in [0.25, 0.3) is 0 Å². The second kappa shape index (κ2) is 6.13. The van der Waals surface area contributed by atoms with Crippen molar-refractivity contribution in [3.63, 3.8) is 0 Å². The third-order valence-corrected chi connectivity index (χ3v) is 3.93. The molecule has 2 rings (SSSR count). The molecule has 0 aliphatic carbocycles. The Labute approximate surface area is 128 Å². The molecule has 1 aliphatic rings. The van der Waals surface area contributed by atoms with Crippen LogP contribution in [0.4, 0.5) is 10.5 Å². The van der Waals surface area contributed by atoms with Gasteiger partial charge in [-0.25, -0.2) is 4.79 Å². The molecule has 7 nitrogen and oxygen atoms in total. The van der Waals surface area contributed by atoms with Gasteiger partial charge in [-0.3, -0.25) is 4.79 Å². The van der Waals surface area contributed by atoms with E-state index in [1.54, 1.807) is 25.1 Å². The molecule has 0 bridgehead atoms. The molecule has 1 heterocycles. The number of carbonyl (C=O) groups excluding carboxylic acids is 1. The van der Waals surface area contributed by atoms with Crippen molar-refractivity contribution in [2.45, 2.75) is 13.3 Å². The van der Waals surface area contributed by atoms with Crippen molar-refractivity contribution in [1.29, 1.82) is 0 Å². The lowest BCUT2D eigenvalue weighted by Crippen LogP contribution is -2.37. The predicted molar refractivity (Wildman–Crippen MR) is 80.5 cm³/mol. The molecule has 1 aromatic rings. The molecule has 0 saturated carbocycles. The van der Waals surface area contributed by atoms with E-state index < -0.39 is 11.4 Å². The van der Waals surface area contributed by atoms with Gasteiger partial charge in [0.15, 0.2) is 0 Å². The minimum Gasteiger partial charge on any atom is -0.497 e. The molecule has 0 radical (unpaired) electrons. The summed E-state index contributed by atoms with van der Waals surface area (Å²) in [5, 5.41) is 12.0. The van der Waals surface area contributed by atoms with Crippen molar-refractivity contribution in [3.05, 3.63) is 18.2 Å². The molecule has 2 amide bonds. The third kappa shape index (κ3) is 3.08. The van der Waals surface area contributed by atoms with Crippen LogP contribution in [-0.4, -0.2) is 49.3 Å². The zero-order chi connectivity index (χ0) is 16.3. The van der Waals surface area contributed by atoms with E-state index in [0.29, 0.717) is 30.2 Å². The Balaban J connectivity index is 2.11. The van der Waals surface area contributed by atoms with Crippen LogP contribution in [0.15, 0.2) is 18.2 Å². The first kappa shape index (κ1) is 15.9. The van der Waals surface area contributed by atoms with Crippen LogP contribution >= 0.6 is 0 Å². The zero-order valence-corrected chi connectivity index (χ0v) is 12.9. The van der Waals surface area contributed by atoms with Gasteiger partial charge in [0.1, 0.15) is 11.5 Å². The highest BCUT2D eigenvalue weighted by atomic mass is 16.5. The molecular weight excluding hydrogens is 288 g/mol. The van der Waals surface area contributed by atoms with Crippen molar-refractivity contribution in [2.24, 2.45) is 5.41 Å². The maximum Gasteiger partial charge on any atom is 0.321 e. The first-order valence-electron chi connectivity index (χ1n) is 6.91. The zero-order valence-electron chi connectivity index (χ0n) is 12.9. The summed E-state index contributed by atoms with van der Waals surface area (Å²) in [4.78, 5) is 25.1. The maximum atomic E-state index is 12.3. The fourth-order valence-corrected chi connectivity index (χ4v) is 2.42. The third-order valence-electron chi connectivity index (χ3n) is 3.93. The number of nitrogens with one attached hydrogen (secondary N) is 1. The van der Waals surface area contributed by atoms with E-state index in [-0.39, 0.29) is 12.6 Å². The fourth-order valence-electron chi connectivity index (χ4n) is 2.42. The van der Waals surface area contributed by atoms with E-state index in [1.165, 1.54) is 19.1 Å². The summed E-state index contributed by atoms with van der Waals surface area (Å²) in [6, 6.07) is 4.73. The van der Waals surface area contributed by atoms with Crippen molar-refractivity contribution in [2.75, 3.05) is 32.6 Å². The Morgan fingerprint density at radius 3 is 2.59 bits per heavy atom. The SMILES string of the molecule is COc1ccc(OC)c(NC(=O)N2CCC(C)(C(=O)O)C2)c1. The topological polar surface area (TPSA) is 88.1 Å². The van der Waals surface area contributed by atoms with Gasteiger partial charge in [0.25, 0.3) is 0 Å². The molecule has 7 heteroatoms. The Kier molecular flexibility index (Phi) is 4.44. The normalized spacial score (nSPS) is 20.6. The fraction of sp³-hybridized carbons (Fsp3) is 0.467. The smallest absolute Gasteiger partial charge is 0.321 e. The molecule has 22 heavy (non-hydrogen) atoms. The van der Waals surface area contributed by atoms with Crippen LogP contribution in [0.5, 0.6) is 11.5 Å². The van der Waals surface area contributed by atoms with Crippen LogP contribution in [0.2, 0.25) is 0 Å². The van der Waals surface area contributed by atoms with Crippen molar-refractivity contribution < 1.29 is 24.2 Å². The lowest BCUT2D eigenvalue weighted by molar-refractivity contribution is -0.146. The maximum absolute atomic E-state index is 12.3. The average molecular weight is 308 g/mol. The van der Waals surface area contributed by atoms with Gasteiger partial charge in [-0.05, 0) is 25.5 Å². The highest BCUT2D eigenvalue weighted by Gasteiger charge is 2.42. The Bertz CT molecular complexity index is 589. The van der Waals surface area contributed by atoms with Gasteiger partial charge in [-0.15, -0.1) is 0 Å². The number of hydrogen-bond donors (Lipinski definition) is 2. The van der Waals surface area contributed by atoms with Crippen molar-refractivity contribution in [3.8, 4) is 11.5 Å². The molecule has 1 unspecified atom stereocenters. The van der Waals surface area contributed by atoms with Crippen LogP contribution in [-0.2, 0) is 4.79 Å². The Morgan fingerprint density at radius 2 is 2.05 bits per heavy atom. The monoisotopic (exact) mass is 308 g/mol. The van der Waals surface area contributed by atoms with E-state index >= 15 is 0 Å². The number of carbonyl (C=O) groups is 2. The number of aliphatic carboxylic acids is 1. The van der Waals surface area contributed by atoms with Gasteiger partial charge in [0.2, 0.25) is 0 Å². The standard InChI is InChI=1S/C15H20N2O5/c1-15(13(18)19)6-7-17(9-15)14(20)16-11-8-10(21-2)4-5-12(11)22-3/h4-5,8H,6-7,9H2,1-3H3,(H,16,20)(H,18,19). The highest BCUT2D eigenvalue weighted by Crippen LogP contribution is 2.32. The number of carboxylic acids is 1. The number of nitrogens with zero attached hydrogens (tertiary/aromatic N) is 1. The van der Waals surface area contributed by atoms with Gasteiger partial charge < -0.3 is 24.8 Å². The van der Waals surface area contributed by atoms with Gasteiger partial charge in [0, 0.05) is 19.2 Å². The van der Waals surface area contributed by atoms with Gasteiger partial charge in [0.05, 0.1) is 25.3 Å². The van der Waals surface area contributed by atoms with Gasteiger partial charge in [-0.2, -0.15) is 0 Å². The summed E-state index contributed by atoms with van der Waals surface area (Å²) in [5.41, 5.74) is -0.411. The summed E-state index contributed by atoms with van der Waals surface area (Å²) < 4.78 is 10.3. The molecule has 1 atom stereocenters. The van der Waals surface area contributed by atoms with E-state index in [1.807, 2.05) is 0 Å². The molecule has 1 fully saturated rings. The van der Waals surface area contributed by atoms with Gasteiger partial charge >= 0.3 is 12.0 Å². The number of rotatable bonds is 4. The van der Waals surface area contributed by atoms with E-state index in [2.05, 4.69) is 5.32 Å². The number of urea groups is 1. The number of amides is 2. The highest BCUT2D eigenvalue weighted by molar-refractivity contribution is 5.92.